The lowest BCUT2D eigenvalue weighted by atomic mass is 9.94. The van der Waals surface area contributed by atoms with Gasteiger partial charge in [0.25, 0.3) is 0 Å². The van der Waals surface area contributed by atoms with Gasteiger partial charge in [-0.15, -0.1) is 0 Å². The molecule has 2 aromatic rings. The summed E-state index contributed by atoms with van der Waals surface area (Å²) in [5, 5.41) is 0. The van der Waals surface area contributed by atoms with E-state index in [-0.39, 0.29) is 5.82 Å². The SMILES string of the molecule is COc1ccc(CN2C[C@H]3CC[C@@H]2CN(Cc2cccnc2)C3)c(F)c1. The minimum absolute atomic E-state index is 0.170. The van der Waals surface area contributed by atoms with Crippen LogP contribution in [0, 0.1) is 11.7 Å². The number of fused-ring (bicyclic) bond motifs is 4. The van der Waals surface area contributed by atoms with Crippen LogP contribution in [-0.2, 0) is 13.1 Å². The maximum atomic E-state index is 14.4. The number of piperidine rings is 1. The number of rotatable bonds is 5. The minimum Gasteiger partial charge on any atom is -0.497 e. The maximum Gasteiger partial charge on any atom is 0.131 e. The highest BCUT2D eigenvalue weighted by Crippen LogP contribution is 2.30. The quantitative estimate of drug-likeness (QED) is 0.823. The highest BCUT2D eigenvalue weighted by Gasteiger charge is 2.34. The van der Waals surface area contributed by atoms with Crippen molar-refractivity contribution in [3.8, 4) is 5.75 Å². The molecule has 3 aliphatic rings. The molecule has 0 radical (unpaired) electrons. The van der Waals surface area contributed by atoms with Gasteiger partial charge in [0.15, 0.2) is 0 Å². The molecule has 1 aromatic carbocycles. The Kier molecular flexibility index (Phi) is 5.18. The van der Waals surface area contributed by atoms with Crippen LogP contribution >= 0.6 is 0 Å². The van der Waals surface area contributed by atoms with E-state index in [1.807, 2.05) is 30.6 Å². The predicted molar refractivity (Wildman–Crippen MR) is 99.4 cm³/mol. The number of methoxy groups -OCH3 is 1. The first-order chi connectivity index (χ1) is 12.7. The molecule has 1 aromatic heterocycles. The van der Waals surface area contributed by atoms with Crippen LogP contribution in [0.1, 0.15) is 24.0 Å². The van der Waals surface area contributed by atoms with Crippen LogP contribution in [0.25, 0.3) is 0 Å². The van der Waals surface area contributed by atoms with Gasteiger partial charge in [-0.25, -0.2) is 4.39 Å². The molecule has 2 atom stereocenters. The van der Waals surface area contributed by atoms with E-state index in [4.69, 9.17) is 4.74 Å². The van der Waals surface area contributed by atoms with Gasteiger partial charge in [0, 0.05) is 62.8 Å². The summed E-state index contributed by atoms with van der Waals surface area (Å²) in [7, 11) is 1.57. The van der Waals surface area contributed by atoms with Crippen molar-refractivity contribution in [2.24, 2.45) is 5.92 Å². The number of hydrogen-bond acceptors (Lipinski definition) is 4. The van der Waals surface area contributed by atoms with Gasteiger partial charge >= 0.3 is 0 Å². The fourth-order valence-corrected chi connectivity index (χ4v) is 4.35. The number of nitrogens with zero attached hydrogens (tertiary/aromatic N) is 3. The summed E-state index contributed by atoms with van der Waals surface area (Å²) >= 11 is 0. The molecule has 2 bridgehead atoms. The molecule has 4 nitrogen and oxygen atoms in total. The molecule has 0 saturated carbocycles. The van der Waals surface area contributed by atoms with Gasteiger partial charge in [-0.3, -0.25) is 14.8 Å². The van der Waals surface area contributed by atoms with Gasteiger partial charge in [-0.05, 0) is 36.5 Å². The lowest BCUT2D eigenvalue weighted by Gasteiger charge is -2.36. The first-order valence-electron chi connectivity index (χ1n) is 9.39. The average Bonchev–Trinajstić information content (AvgIpc) is 2.94. The van der Waals surface area contributed by atoms with Gasteiger partial charge in [0.2, 0.25) is 0 Å². The summed E-state index contributed by atoms with van der Waals surface area (Å²) in [6.07, 6.45) is 6.25. The van der Waals surface area contributed by atoms with Gasteiger partial charge in [0.1, 0.15) is 11.6 Å². The van der Waals surface area contributed by atoms with E-state index in [0.29, 0.717) is 24.3 Å². The molecular weight excluding hydrogens is 329 g/mol. The summed E-state index contributed by atoms with van der Waals surface area (Å²) < 4.78 is 19.5. The van der Waals surface area contributed by atoms with Crippen LogP contribution in [0.5, 0.6) is 5.75 Å². The van der Waals surface area contributed by atoms with Gasteiger partial charge in [-0.1, -0.05) is 12.1 Å². The smallest absolute Gasteiger partial charge is 0.131 e. The zero-order valence-corrected chi connectivity index (χ0v) is 15.3. The first kappa shape index (κ1) is 17.4. The molecule has 0 unspecified atom stereocenters. The number of hydrogen-bond donors (Lipinski definition) is 0. The summed E-state index contributed by atoms with van der Waals surface area (Å²) in [5.74, 6) is 1.06. The monoisotopic (exact) mass is 355 g/mol. The number of benzene rings is 1. The Balaban J connectivity index is 1.45. The van der Waals surface area contributed by atoms with Crippen molar-refractivity contribution in [3.63, 3.8) is 0 Å². The van der Waals surface area contributed by atoms with E-state index in [0.717, 1.165) is 31.7 Å². The Morgan fingerprint density at radius 2 is 2.08 bits per heavy atom. The van der Waals surface area contributed by atoms with E-state index in [9.17, 15) is 4.39 Å². The molecule has 0 spiro atoms. The lowest BCUT2D eigenvalue weighted by molar-refractivity contribution is 0.121. The molecule has 0 amide bonds. The Morgan fingerprint density at radius 3 is 2.85 bits per heavy atom. The molecule has 3 fully saturated rings. The summed E-state index contributed by atoms with van der Waals surface area (Å²) in [4.78, 5) is 9.25. The normalized spacial score (nSPS) is 23.8. The molecule has 5 heteroatoms. The Bertz CT molecular complexity index is 739. The van der Waals surface area contributed by atoms with Crippen LogP contribution in [0.2, 0.25) is 0 Å². The van der Waals surface area contributed by atoms with Crippen molar-refractivity contribution in [3.05, 3.63) is 59.7 Å². The van der Waals surface area contributed by atoms with E-state index in [2.05, 4.69) is 20.9 Å². The van der Waals surface area contributed by atoms with Crippen LogP contribution < -0.4 is 4.74 Å². The number of halogens is 1. The van der Waals surface area contributed by atoms with Crippen LogP contribution in [0.15, 0.2) is 42.7 Å². The topological polar surface area (TPSA) is 28.6 Å². The van der Waals surface area contributed by atoms with Crippen LogP contribution in [0.3, 0.4) is 0 Å². The molecule has 5 rings (SSSR count). The second kappa shape index (κ2) is 7.72. The summed E-state index contributed by atoms with van der Waals surface area (Å²) in [6, 6.07) is 9.83. The fourth-order valence-electron chi connectivity index (χ4n) is 4.35. The van der Waals surface area contributed by atoms with Crippen molar-refractivity contribution in [2.45, 2.75) is 32.0 Å². The van der Waals surface area contributed by atoms with Crippen molar-refractivity contribution in [2.75, 3.05) is 26.7 Å². The third-order valence-electron chi connectivity index (χ3n) is 5.67. The van der Waals surface area contributed by atoms with Crippen LogP contribution in [0.4, 0.5) is 4.39 Å². The summed E-state index contributed by atoms with van der Waals surface area (Å²) in [6.45, 7) is 4.85. The molecule has 26 heavy (non-hydrogen) atoms. The lowest BCUT2D eigenvalue weighted by Crippen LogP contribution is -2.43. The van der Waals surface area contributed by atoms with Gasteiger partial charge in [-0.2, -0.15) is 0 Å². The average molecular weight is 355 g/mol. The third-order valence-corrected chi connectivity index (χ3v) is 5.67. The molecule has 3 saturated heterocycles. The molecule has 3 aliphatic heterocycles. The Hall–Kier alpha value is -1.98. The number of ether oxygens (including phenoxy) is 1. The zero-order valence-electron chi connectivity index (χ0n) is 15.3. The van der Waals surface area contributed by atoms with Crippen molar-refractivity contribution in [1.29, 1.82) is 0 Å². The first-order valence-corrected chi connectivity index (χ1v) is 9.39. The standard InChI is InChI=1S/C21H26FN3O/c1-26-20-7-5-18(21(22)9-20)14-25-13-17-4-6-19(25)15-24(12-17)11-16-3-2-8-23-10-16/h2-3,5,7-10,17,19H,4,6,11-15H2,1H3/t17-,19+/m0/s1. The highest BCUT2D eigenvalue weighted by atomic mass is 19.1. The number of aromatic nitrogens is 1. The second-order valence-electron chi connectivity index (χ2n) is 7.54. The van der Waals surface area contributed by atoms with E-state index in [1.165, 1.54) is 24.5 Å². The maximum absolute atomic E-state index is 14.4. The number of pyridine rings is 1. The van der Waals surface area contributed by atoms with E-state index in [1.54, 1.807) is 7.11 Å². The Morgan fingerprint density at radius 1 is 1.15 bits per heavy atom. The molecule has 0 N–H and O–H groups in total. The van der Waals surface area contributed by atoms with E-state index < -0.39 is 0 Å². The van der Waals surface area contributed by atoms with Crippen molar-refractivity contribution in [1.82, 2.24) is 14.8 Å². The largest absolute Gasteiger partial charge is 0.497 e. The van der Waals surface area contributed by atoms with Crippen molar-refractivity contribution < 1.29 is 9.13 Å². The van der Waals surface area contributed by atoms with Crippen molar-refractivity contribution >= 4 is 0 Å². The molecule has 4 heterocycles. The molecule has 138 valence electrons. The molecular formula is C21H26FN3O. The second-order valence-corrected chi connectivity index (χ2v) is 7.54. The predicted octanol–water partition coefficient (Wildman–Crippen LogP) is 3.33. The highest BCUT2D eigenvalue weighted by molar-refractivity contribution is 5.29. The van der Waals surface area contributed by atoms with Gasteiger partial charge in [0.05, 0.1) is 7.11 Å². The minimum atomic E-state index is -0.170. The zero-order chi connectivity index (χ0) is 17.9. The summed E-state index contributed by atoms with van der Waals surface area (Å²) in [5.41, 5.74) is 2.03. The Labute approximate surface area is 154 Å². The van der Waals surface area contributed by atoms with Gasteiger partial charge < -0.3 is 4.74 Å². The fraction of sp³-hybridized carbons (Fsp3) is 0.476. The van der Waals surface area contributed by atoms with Crippen LogP contribution in [-0.4, -0.2) is 47.6 Å². The molecule has 0 aliphatic carbocycles. The third kappa shape index (κ3) is 3.89. The van der Waals surface area contributed by atoms with E-state index >= 15 is 0 Å².